The Labute approximate surface area is 183 Å². The van der Waals surface area contributed by atoms with E-state index in [1.165, 1.54) is 0 Å². The number of carbonyl (C=O) groups is 1. The minimum atomic E-state index is -0.311. The second kappa shape index (κ2) is 8.79. The van der Waals surface area contributed by atoms with Crippen LogP contribution in [0.1, 0.15) is 85.6 Å². The molecule has 1 aliphatic rings. The van der Waals surface area contributed by atoms with Crippen molar-refractivity contribution in [2.75, 3.05) is 13.2 Å². The zero-order chi connectivity index (χ0) is 22.1. The van der Waals surface area contributed by atoms with Crippen molar-refractivity contribution in [1.29, 1.82) is 0 Å². The Bertz CT molecular complexity index is 1060. The van der Waals surface area contributed by atoms with Crippen molar-refractivity contribution in [3.63, 3.8) is 0 Å². The molecular formula is C25H31N3O3. The lowest BCUT2D eigenvalue weighted by Crippen LogP contribution is -2.43. The first-order chi connectivity index (χ1) is 14.9. The van der Waals surface area contributed by atoms with Gasteiger partial charge in [0.1, 0.15) is 0 Å². The molecule has 31 heavy (non-hydrogen) atoms. The highest BCUT2D eigenvalue weighted by molar-refractivity contribution is 6.06. The molecule has 164 valence electrons. The highest BCUT2D eigenvalue weighted by Gasteiger charge is 2.32. The Morgan fingerprint density at radius 3 is 2.52 bits per heavy atom. The zero-order valence-electron chi connectivity index (χ0n) is 18.7. The van der Waals surface area contributed by atoms with Gasteiger partial charge in [-0.25, -0.2) is 4.98 Å². The van der Waals surface area contributed by atoms with E-state index in [0.717, 1.165) is 29.8 Å². The molecule has 0 spiro atoms. The number of benzene rings is 1. The molecule has 1 aromatic carbocycles. The topological polar surface area (TPSA) is 79.5 Å². The number of fused-ring (bicyclic) bond motifs is 1. The maximum absolute atomic E-state index is 13.9. The first kappa shape index (κ1) is 21.5. The van der Waals surface area contributed by atoms with Crippen LogP contribution in [0.15, 0.2) is 40.9 Å². The smallest absolute Gasteiger partial charge is 0.259 e. The van der Waals surface area contributed by atoms with E-state index in [0.29, 0.717) is 29.1 Å². The standard InChI is InChI=1S/C25H31N3O3/c1-15(2)23-22-20(12-21(19-10-11-19)26-24(22)31-27-23)25(30)28(17(4)14-29)13-16(3)18-8-6-5-7-9-18/h5-9,12,15-17,19,29H,10-11,13-14H2,1-4H3/t16?,17-/m0/s1. The van der Waals surface area contributed by atoms with E-state index >= 15 is 0 Å². The molecule has 1 N–H and O–H groups in total. The van der Waals surface area contributed by atoms with Crippen molar-refractivity contribution >= 4 is 17.0 Å². The van der Waals surface area contributed by atoms with E-state index in [-0.39, 0.29) is 30.4 Å². The predicted octanol–water partition coefficient (Wildman–Crippen LogP) is 4.85. The number of nitrogens with zero attached hydrogens (tertiary/aromatic N) is 3. The van der Waals surface area contributed by atoms with Crippen LogP contribution in [-0.4, -0.2) is 45.2 Å². The summed E-state index contributed by atoms with van der Waals surface area (Å²) in [5.41, 5.74) is 3.83. The summed E-state index contributed by atoms with van der Waals surface area (Å²) in [7, 11) is 0. The van der Waals surface area contributed by atoms with Gasteiger partial charge in [0.2, 0.25) is 0 Å². The van der Waals surface area contributed by atoms with Crippen molar-refractivity contribution in [3.8, 4) is 0 Å². The summed E-state index contributed by atoms with van der Waals surface area (Å²) in [4.78, 5) is 20.4. The molecular weight excluding hydrogens is 390 g/mol. The zero-order valence-corrected chi connectivity index (χ0v) is 18.7. The summed E-state index contributed by atoms with van der Waals surface area (Å²) in [5.74, 6) is 0.513. The van der Waals surface area contributed by atoms with Crippen molar-refractivity contribution in [1.82, 2.24) is 15.0 Å². The molecule has 2 heterocycles. The third-order valence-electron chi connectivity index (χ3n) is 6.16. The van der Waals surface area contributed by atoms with Crippen LogP contribution in [-0.2, 0) is 0 Å². The van der Waals surface area contributed by atoms with Crippen molar-refractivity contribution in [2.45, 2.75) is 64.3 Å². The Balaban J connectivity index is 1.76. The summed E-state index contributed by atoms with van der Waals surface area (Å²) < 4.78 is 5.56. The molecule has 0 radical (unpaired) electrons. The normalized spacial score (nSPS) is 15.9. The van der Waals surface area contributed by atoms with Gasteiger partial charge >= 0.3 is 0 Å². The molecule has 2 aromatic heterocycles. The van der Waals surface area contributed by atoms with Gasteiger partial charge < -0.3 is 14.5 Å². The van der Waals surface area contributed by atoms with Gasteiger partial charge in [0.15, 0.2) is 0 Å². The Morgan fingerprint density at radius 1 is 1.19 bits per heavy atom. The van der Waals surface area contributed by atoms with Crippen LogP contribution in [0.3, 0.4) is 0 Å². The summed E-state index contributed by atoms with van der Waals surface area (Å²) in [6.07, 6.45) is 2.16. The van der Waals surface area contributed by atoms with Crippen LogP contribution >= 0.6 is 0 Å². The number of rotatable bonds is 8. The molecule has 0 aliphatic heterocycles. The molecule has 3 aromatic rings. The number of pyridine rings is 1. The van der Waals surface area contributed by atoms with Crippen LogP contribution in [0.2, 0.25) is 0 Å². The molecule has 4 rings (SSSR count). The van der Waals surface area contributed by atoms with Crippen molar-refractivity contribution < 1.29 is 14.4 Å². The fourth-order valence-corrected chi connectivity index (χ4v) is 4.04. The van der Waals surface area contributed by atoms with E-state index in [2.05, 4.69) is 29.2 Å². The van der Waals surface area contributed by atoms with E-state index in [1.54, 1.807) is 4.90 Å². The largest absolute Gasteiger partial charge is 0.394 e. The van der Waals surface area contributed by atoms with Gasteiger partial charge in [0.25, 0.3) is 11.6 Å². The lowest BCUT2D eigenvalue weighted by atomic mass is 9.98. The van der Waals surface area contributed by atoms with Gasteiger partial charge in [-0.2, -0.15) is 0 Å². The molecule has 1 amide bonds. The van der Waals surface area contributed by atoms with Gasteiger partial charge in [0.05, 0.1) is 29.3 Å². The van der Waals surface area contributed by atoms with E-state index in [4.69, 9.17) is 4.52 Å². The third-order valence-corrected chi connectivity index (χ3v) is 6.16. The average molecular weight is 422 g/mol. The van der Waals surface area contributed by atoms with Gasteiger partial charge in [-0.05, 0) is 43.2 Å². The molecule has 1 fully saturated rings. The lowest BCUT2D eigenvalue weighted by molar-refractivity contribution is 0.0607. The molecule has 6 heteroatoms. The number of aromatic nitrogens is 2. The third kappa shape index (κ3) is 4.35. The molecule has 1 aliphatic carbocycles. The van der Waals surface area contributed by atoms with Gasteiger partial charge in [0, 0.05) is 18.2 Å². The number of hydrogen-bond donors (Lipinski definition) is 1. The molecule has 0 bridgehead atoms. The van der Waals surface area contributed by atoms with Gasteiger partial charge in [-0.3, -0.25) is 4.79 Å². The first-order valence-electron chi connectivity index (χ1n) is 11.2. The number of amides is 1. The molecule has 0 saturated heterocycles. The maximum atomic E-state index is 13.9. The van der Waals surface area contributed by atoms with E-state index in [9.17, 15) is 9.90 Å². The van der Waals surface area contributed by atoms with Gasteiger partial charge in [-0.15, -0.1) is 0 Å². The van der Waals surface area contributed by atoms with Gasteiger partial charge in [-0.1, -0.05) is 56.3 Å². The highest BCUT2D eigenvalue weighted by Crippen LogP contribution is 2.41. The quantitative estimate of drug-likeness (QED) is 0.562. The summed E-state index contributed by atoms with van der Waals surface area (Å²) in [6, 6.07) is 11.8. The minimum absolute atomic E-state index is 0.0996. The summed E-state index contributed by atoms with van der Waals surface area (Å²) >= 11 is 0. The summed E-state index contributed by atoms with van der Waals surface area (Å²) in [6.45, 7) is 8.47. The second-order valence-corrected chi connectivity index (χ2v) is 9.07. The Hall–Kier alpha value is -2.73. The molecule has 2 atom stereocenters. The molecule has 1 saturated carbocycles. The minimum Gasteiger partial charge on any atom is -0.394 e. The fourth-order valence-electron chi connectivity index (χ4n) is 4.04. The average Bonchev–Trinajstić information content (AvgIpc) is 3.54. The number of aliphatic hydroxyl groups is 1. The number of carbonyl (C=O) groups excluding carboxylic acids is 1. The van der Waals surface area contributed by atoms with Crippen LogP contribution in [0.5, 0.6) is 0 Å². The predicted molar refractivity (Wildman–Crippen MR) is 120 cm³/mol. The molecule has 1 unspecified atom stereocenters. The van der Waals surface area contributed by atoms with Crippen LogP contribution in [0.4, 0.5) is 0 Å². The number of hydrogen-bond acceptors (Lipinski definition) is 5. The van der Waals surface area contributed by atoms with Crippen LogP contribution in [0.25, 0.3) is 11.1 Å². The van der Waals surface area contributed by atoms with Crippen LogP contribution in [0, 0.1) is 0 Å². The Kier molecular flexibility index (Phi) is 6.10. The highest BCUT2D eigenvalue weighted by atomic mass is 16.5. The van der Waals surface area contributed by atoms with E-state index in [1.807, 2.05) is 45.0 Å². The van der Waals surface area contributed by atoms with Crippen molar-refractivity contribution in [3.05, 3.63) is 58.9 Å². The number of aliphatic hydroxyl groups excluding tert-OH is 1. The van der Waals surface area contributed by atoms with Crippen LogP contribution < -0.4 is 0 Å². The fraction of sp³-hybridized carbons (Fsp3) is 0.480. The maximum Gasteiger partial charge on any atom is 0.259 e. The lowest BCUT2D eigenvalue weighted by Gasteiger charge is -2.31. The van der Waals surface area contributed by atoms with E-state index < -0.39 is 0 Å². The monoisotopic (exact) mass is 421 g/mol. The van der Waals surface area contributed by atoms with Crippen molar-refractivity contribution in [2.24, 2.45) is 0 Å². The molecule has 6 nitrogen and oxygen atoms in total. The SMILES string of the molecule is CC(C)c1noc2nc(C3CC3)cc(C(=O)N(CC(C)c3ccccc3)[C@@H](C)CO)c12. The summed E-state index contributed by atoms with van der Waals surface area (Å²) in [5, 5.41) is 14.9. The second-order valence-electron chi connectivity index (χ2n) is 9.07. The first-order valence-corrected chi connectivity index (χ1v) is 11.2. The Morgan fingerprint density at radius 2 is 1.90 bits per heavy atom.